The second-order valence-electron chi connectivity index (χ2n) is 7.92. The molecule has 156 valence electrons. The lowest BCUT2D eigenvalue weighted by Crippen LogP contribution is -2.41. The summed E-state index contributed by atoms with van der Waals surface area (Å²) in [4.78, 5) is 34.6. The Kier molecular flexibility index (Phi) is 4.52. The van der Waals surface area contributed by atoms with Crippen LogP contribution in [0.15, 0.2) is 84.9 Å². The minimum Gasteiger partial charge on any atom is -0.497 e. The van der Waals surface area contributed by atoms with Crippen molar-refractivity contribution >= 4 is 23.2 Å². The van der Waals surface area contributed by atoms with E-state index in [-0.39, 0.29) is 11.8 Å². The smallest absolute Gasteiger partial charge is 0.266 e. The third-order valence-corrected chi connectivity index (χ3v) is 6.13. The van der Waals surface area contributed by atoms with E-state index in [1.165, 1.54) is 4.90 Å². The molecule has 0 radical (unpaired) electrons. The number of anilines is 2. The SMILES string of the molecule is COc1ccc([C@@H]2N(c3ccccc3)O[C@@H]3C(=O)N(c4ccccc4)C(=O)[C@]32C)cc1. The Bertz CT molecular complexity index is 1120. The summed E-state index contributed by atoms with van der Waals surface area (Å²) in [7, 11) is 1.61. The molecule has 0 saturated carbocycles. The van der Waals surface area contributed by atoms with Crippen LogP contribution < -0.4 is 14.7 Å². The number of benzene rings is 3. The van der Waals surface area contributed by atoms with Gasteiger partial charge in [0.1, 0.15) is 11.2 Å². The number of methoxy groups -OCH3 is 1. The predicted molar refractivity (Wildman–Crippen MR) is 117 cm³/mol. The lowest BCUT2D eigenvalue weighted by molar-refractivity contribution is -0.128. The van der Waals surface area contributed by atoms with E-state index in [9.17, 15) is 9.59 Å². The fourth-order valence-corrected chi connectivity index (χ4v) is 4.53. The highest BCUT2D eigenvalue weighted by Crippen LogP contribution is 2.55. The Labute approximate surface area is 180 Å². The van der Waals surface area contributed by atoms with Crippen molar-refractivity contribution in [3.8, 4) is 5.75 Å². The molecular weight excluding hydrogens is 392 g/mol. The van der Waals surface area contributed by atoms with Crippen molar-refractivity contribution in [3.63, 3.8) is 0 Å². The summed E-state index contributed by atoms with van der Waals surface area (Å²) >= 11 is 0. The van der Waals surface area contributed by atoms with Gasteiger partial charge in [-0.25, -0.2) is 9.96 Å². The number of imide groups is 1. The van der Waals surface area contributed by atoms with Crippen LogP contribution in [0, 0.1) is 5.41 Å². The molecule has 0 spiro atoms. The van der Waals surface area contributed by atoms with Crippen molar-refractivity contribution < 1.29 is 19.2 Å². The Morgan fingerprint density at radius 2 is 1.42 bits per heavy atom. The number of fused-ring (bicyclic) bond motifs is 1. The fourth-order valence-electron chi connectivity index (χ4n) is 4.53. The normalized spacial score (nSPS) is 25.1. The summed E-state index contributed by atoms with van der Waals surface area (Å²) in [6.45, 7) is 1.82. The first-order valence-corrected chi connectivity index (χ1v) is 10.1. The zero-order valence-corrected chi connectivity index (χ0v) is 17.3. The van der Waals surface area contributed by atoms with E-state index in [2.05, 4.69) is 0 Å². The van der Waals surface area contributed by atoms with Gasteiger partial charge in [-0.15, -0.1) is 0 Å². The van der Waals surface area contributed by atoms with Gasteiger partial charge in [0, 0.05) is 0 Å². The summed E-state index contributed by atoms with van der Waals surface area (Å²) in [5.74, 6) is 0.0963. The second kappa shape index (κ2) is 7.25. The van der Waals surface area contributed by atoms with Crippen LogP contribution in [-0.4, -0.2) is 25.0 Å². The molecule has 5 rings (SSSR count). The molecule has 6 nitrogen and oxygen atoms in total. The van der Waals surface area contributed by atoms with E-state index in [1.54, 1.807) is 24.3 Å². The number of carbonyl (C=O) groups is 2. The van der Waals surface area contributed by atoms with E-state index < -0.39 is 17.6 Å². The lowest BCUT2D eigenvalue weighted by atomic mass is 9.76. The summed E-state index contributed by atoms with van der Waals surface area (Å²) < 4.78 is 5.29. The lowest BCUT2D eigenvalue weighted by Gasteiger charge is -2.32. The minimum absolute atomic E-state index is 0.270. The van der Waals surface area contributed by atoms with Gasteiger partial charge in [-0.2, -0.15) is 0 Å². The Hall–Kier alpha value is -3.64. The van der Waals surface area contributed by atoms with Gasteiger partial charge in [-0.05, 0) is 48.9 Å². The summed E-state index contributed by atoms with van der Waals surface area (Å²) in [5.41, 5.74) is 1.10. The number of nitrogens with zero attached hydrogens (tertiary/aromatic N) is 2. The van der Waals surface area contributed by atoms with Crippen LogP contribution in [-0.2, 0) is 14.4 Å². The molecule has 0 bridgehead atoms. The summed E-state index contributed by atoms with van der Waals surface area (Å²) in [6.07, 6.45) is -0.924. The molecule has 2 aliphatic heterocycles. The van der Waals surface area contributed by atoms with E-state index in [0.717, 1.165) is 17.0 Å². The van der Waals surface area contributed by atoms with Crippen LogP contribution in [0.3, 0.4) is 0 Å². The third kappa shape index (κ3) is 2.83. The molecule has 6 heteroatoms. The molecule has 2 saturated heterocycles. The van der Waals surface area contributed by atoms with Gasteiger partial charge in [0.2, 0.25) is 5.91 Å². The average Bonchev–Trinajstić information content (AvgIpc) is 3.23. The van der Waals surface area contributed by atoms with Crippen LogP contribution in [0.1, 0.15) is 18.5 Å². The van der Waals surface area contributed by atoms with E-state index in [0.29, 0.717) is 5.69 Å². The number of hydrogen-bond acceptors (Lipinski definition) is 5. The number of ether oxygens (including phenoxy) is 1. The monoisotopic (exact) mass is 414 g/mol. The molecule has 31 heavy (non-hydrogen) atoms. The Balaban J connectivity index is 1.63. The van der Waals surface area contributed by atoms with Gasteiger partial charge in [0.15, 0.2) is 6.10 Å². The highest BCUT2D eigenvalue weighted by molar-refractivity contribution is 6.25. The zero-order valence-electron chi connectivity index (χ0n) is 17.3. The summed E-state index contributed by atoms with van der Waals surface area (Å²) in [6, 6.07) is 25.6. The quantitative estimate of drug-likeness (QED) is 0.601. The van der Waals surface area contributed by atoms with E-state index in [4.69, 9.17) is 9.57 Å². The average molecular weight is 414 g/mol. The maximum absolute atomic E-state index is 13.8. The first-order chi connectivity index (χ1) is 15.1. The van der Waals surface area contributed by atoms with Crippen LogP contribution in [0.2, 0.25) is 0 Å². The van der Waals surface area contributed by atoms with Crippen molar-refractivity contribution in [1.82, 2.24) is 0 Å². The molecule has 3 aromatic carbocycles. The molecule has 0 N–H and O–H groups in total. The van der Waals surface area contributed by atoms with E-state index >= 15 is 0 Å². The Morgan fingerprint density at radius 3 is 2.00 bits per heavy atom. The van der Waals surface area contributed by atoms with Crippen molar-refractivity contribution in [2.75, 3.05) is 17.1 Å². The number of hydrogen-bond donors (Lipinski definition) is 0. The number of hydroxylamine groups is 1. The van der Waals surface area contributed by atoms with Gasteiger partial charge in [0.05, 0.1) is 24.5 Å². The van der Waals surface area contributed by atoms with E-state index in [1.807, 2.05) is 79.7 Å². The Morgan fingerprint density at radius 1 is 0.839 bits per heavy atom. The molecule has 2 heterocycles. The molecule has 3 atom stereocenters. The number of carbonyl (C=O) groups excluding carboxylic acids is 2. The minimum atomic E-state index is -1.10. The molecule has 2 amide bonds. The molecule has 2 aliphatic rings. The van der Waals surface area contributed by atoms with Gasteiger partial charge in [-0.1, -0.05) is 48.5 Å². The topological polar surface area (TPSA) is 59.1 Å². The standard InChI is InChI=1S/C25H22N2O4/c1-25-21(17-13-15-20(30-2)16-14-17)27(19-11-7-4-8-12-19)31-22(25)23(28)26(24(25)29)18-9-5-3-6-10-18/h3-16,21-22H,1-2H3/t21-,22+,25-/m0/s1. The van der Waals surface area contributed by atoms with Gasteiger partial charge in [-0.3, -0.25) is 14.4 Å². The zero-order chi connectivity index (χ0) is 21.6. The van der Waals surface area contributed by atoms with Crippen LogP contribution >= 0.6 is 0 Å². The summed E-state index contributed by atoms with van der Waals surface area (Å²) in [5, 5.41) is 1.70. The molecule has 0 unspecified atom stereocenters. The van der Waals surface area contributed by atoms with Gasteiger partial charge in [0.25, 0.3) is 5.91 Å². The maximum Gasteiger partial charge on any atom is 0.266 e. The van der Waals surface area contributed by atoms with Crippen LogP contribution in [0.5, 0.6) is 5.75 Å². The molecule has 0 aromatic heterocycles. The van der Waals surface area contributed by atoms with Gasteiger partial charge >= 0.3 is 0 Å². The largest absolute Gasteiger partial charge is 0.497 e. The highest BCUT2D eigenvalue weighted by atomic mass is 16.7. The first kappa shape index (κ1) is 19.3. The number of rotatable bonds is 4. The van der Waals surface area contributed by atoms with Crippen molar-refractivity contribution in [3.05, 3.63) is 90.5 Å². The number of amides is 2. The number of para-hydroxylation sites is 2. The second-order valence-corrected chi connectivity index (χ2v) is 7.92. The molecular formula is C25H22N2O4. The molecule has 0 aliphatic carbocycles. The van der Waals surface area contributed by atoms with Crippen LogP contribution in [0.25, 0.3) is 0 Å². The molecule has 2 fully saturated rings. The molecule has 3 aromatic rings. The van der Waals surface area contributed by atoms with Crippen molar-refractivity contribution in [2.45, 2.75) is 19.1 Å². The van der Waals surface area contributed by atoms with Crippen LogP contribution in [0.4, 0.5) is 11.4 Å². The van der Waals surface area contributed by atoms with Crippen molar-refractivity contribution in [1.29, 1.82) is 0 Å². The first-order valence-electron chi connectivity index (χ1n) is 10.1. The van der Waals surface area contributed by atoms with Crippen molar-refractivity contribution in [2.24, 2.45) is 5.41 Å². The maximum atomic E-state index is 13.8. The third-order valence-electron chi connectivity index (χ3n) is 6.13. The van der Waals surface area contributed by atoms with Gasteiger partial charge < -0.3 is 4.74 Å². The fraction of sp³-hybridized carbons (Fsp3) is 0.200. The predicted octanol–water partition coefficient (Wildman–Crippen LogP) is 4.14. The highest BCUT2D eigenvalue weighted by Gasteiger charge is 2.68.